The number of aromatic hydroxyl groups is 2. The fourth-order valence-electron chi connectivity index (χ4n) is 7.92. The third-order valence-electron chi connectivity index (χ3n) is 11.5. The molecule has 65 heavy (non-hydrogen) atoms. The monoisotopic (exact) mass is 907 g/mol. The van der Waals surface area contributed by atoms with Gasteiger partial charge in [0.05, 0.1) is 0 Å². The maximum atomic E-state index is 14.4. The number of nitrogens with one attached hydrogen (secondary N) is 5. The average molecular weight is 908 g/mol. The highest BCUT2D eigenvalue weighted by Gasteiger charge is 2.38. The molecule has 2 aromatic rings. The summed E-state index contributed by atoms with van der Waals surface area (Å²) in [5, 5.41) is 34.9. The Morgan fingerprint density at radius 1 is 0.877 bits per heavy atom. The van der Waals surface area contributed by atoms with Crippen molar-refractivity contribution < 1.29 is 48.6 Å². The molecule has 21 nitrogen and oxygen atoms in total. The minimum atomic E-state index is -1.82. The topological polar surface area (TPSA) is 348 Å². The van der Waals surface area contributed by atoms with E-state index in [1.807, 2.05) is 0 Å². The van der Waals surface area contributed by atoms with Crippen LogP contribution in [0.5, 0.6) is 11.5 Å². The van der Waals surface area contributed by atoms with Gasteiger partial charge in [-0.05, 0) is 80.5 Å². The summed E-state index contributed by atoms with van der Waals surface area (Å²) >= 11 is 0. The van der Waals surface area contributed by atoms with Crippen molar-refractivity contribution in [2.75, 3.05) is 26.7 Å². The maximum Gasteiger partial charge on any atom is 0.260 e. The number of carbonyl (C=O) groups is 8. The van der Waals surface area contributed by atoms with Gasteiger partial charge in [-0.1, -0.05) is 44.7 Å². The predicted molar refractivity (Wildman–Crippen MR) is 238 cm³/mol. The number of hydrogen-bond donors (Lipinski definition) is 11. The van der Waals surface area contributed by atoms with Gasteiger partial charge in [-0.25, -0.2) is 0 Å². The van der Waals surface area contributed by atoms with Gasteiger partial charge in [0.2, 0.25) is 35.4 Å². The Morgan fingerprint density at radius 2 is 1.57 bits per heavy atom. The SMILES string of the molecule is CCCCCCCC(=O)NCCC(=O)NC(CCCCN)C(=O)N(C)C1C(=O)NC(N)C(=O)NC(C(=O)NC(N)C(=O)N2CCCC2C(N)=O)Cc2ccc(O)c(c2)-c2cc1ccc2O. The molecule has 0 aromatic heterocycles. The Morgan fingerprint density at radius 3 is 2.26 bits per heavy atom. The number of fused-ring (bicyclic) bond motifs is 5. The molecule has 2 aliphatic heterocycles. The minimum absolute atomic E-state index is 0.0323. The van der Waals surface area contributed by atoms with Crippen LogP contribution < -0.4 is 49.5 Å². The lowest BCUT2D eigenvalue weighted by molar-refractivity contribution is -0.143. The first-order valence-electron chi connectivity index (χ1n) is 22.2. The highest BCUT2D eigenvalue weighted by Crippen LogP contribution is 2.39. The second-order valence-electron chi connectivity index (χ2n) is 16.5. The molecule has 2 aliphatic rings. The lowest BCUT2D eigenvalue weighted by atomic mass is 9.93. The molecule has 2 aromatic carbocycles. The summed E-state index contributed by atoms with van der Waals surface area (Å²) in [5.74, 6) is -6.51. The van der Waals surface area contributed by atoms with Gasteiger partial charge >= 0.3 is 0 Å². The van der Waals surface area contributed by atoms with E-state index in [0.29, 0.717) is 44.2 Å². The average Bonchev–Trinajstić information content (AvgIpc) is 3.77. The summed E-state index contributed by atoms with van der Waals surface area (Å²) in [6, 6.07) is 3.09. The Labute approximate surface area is 378 Å². The van der Waals surface area contributed by atoms with Crippen molar-refractivity contribution in [2.24, 2.45) is 22.9 Å². The fraction of sp³-hybridized carbons (Fsp3) is 0.545. The molecule has 4 rings (SSSR count). The quantitative estimate of drug-likeness (QED) is 0.0566. The zero-order valence-electron chi connectivity index (χ0n) is 37.1. The van der Waals surface area contributed by atoms with Crippen LogP contribution in [0.1, 0.15) is 101 Å². The zero-order valence-corrected chi connectivity index (χ0v) is 37.1. The number of likely N-dealkylation sites (tertiary alicyclic amines) is 1. The van der Waals surface area contributed by atoms with Crippen LogP contribution in [0, 0.1) is 0 Å². The zero-order chi connectivity index (χ0) is 47.8. The molecule has 0 saturated carbocycles. The molecule has 8 amide bonds. The molecule has 2 heterocycles. The van der Waals surface area contributed by atoms with Gasteiger partial charge in [0, 0.05) is 50.5 Å². The van der Waals surface area contributed by atoms with E-state index in [9.17, 15) is 48.6 Å². The lowest BCUT2D eigenvalue weighted by Gasteiger charge is -2.32. The summed E-state index contributed by atoms with van der Waals surface area (Å²) in [4.78, 5) is 109. The third-order valence-corrected chi connectivity index (χ3v) is 11.5. The maximum absolute atomic E-state index is 14.4. The minimum Gasteiger partial charge on any atom is -0.507 e. The second-order valence-corrected chi connectivity index (χ2v) is 16.5. The number of primary amides is 1. The van der Waals surface area contributed by atoms with Crippen LogP contribution in [0.3, 0.4) is 0 Å². The number of hydrogen-bond acceptors (Lipinski definition) is 13. The van der Waals surface area contributed by atoms with E-state index in [1.165, 1.54) is 48.3 Å². The smallest absolute Gasteiger partial charge is 0.260 e. The second kappa shape index (κ2) is 24.7. The van der Waals surface area contributed by atoms with E-state index in [2.05, 4.69) is 33.5 Å². The first kappa shape index (κ1) is 51.3. The predicted octanol–water partition coefficient (Wildman–Crippen LogP) is -0.936. The largest absolute Gasteiger partial charge is 0.507 e. The fourth-order valence-corrected chi connectivity index (χ4v) is 7.92. The van der Waals surface area contributed by atoms with Crippen molar-refractivity contribution in [3.05, 3.63) is 47.5 Å². The van der Waals surface area contributed by atoms with Gasteiger partial charge in [0.15, 0.2) is 12.3 Å². The molecule has 0 spiro atoms. The Balaban J connectivity index is 1.61. The molecule has 21 heteroatoms. The van der Waals surface area contributed by atoms with Crippen LogP contribution in [0.4, 0.5) is 0 Å². The number of nitrogens with two attached hydrogens (primary N) is 4. The van der Waals surface area contributed by atoms with Crippen LogP contribution in [0.2, 0.25) is 0 Å². The first-order chi connectivity index (χ1) is 31.0. The highest BCUT2D eigenvalue weighted by molar-refractivity contribution is 5.97. The number of carbonyl (C=O) groups excluding carboxylic acids is 8. The lowest BCUT2D eigenvalue weighted by Crippen LogP contribution is -2.62. The molecule has 1 fully saturated rings. The Kier molecular flexibility index (Phi) is 19.5. The standard InChI is InChI=1S/C44H65N11O10/c1-3-4-5-6-7-13-34(58)49-20-18-35(59)50-29(11-8-9-19-45)43(64)54(2)36-26-15-17-33(57)28(24-26)27-22-25(14-16-32(27)56)23-30(51-42(63)37(46)52-41(36)62)40(61)53-38(47)44(65)55-21-10-12-31(55)39(48)60/h14-17,22,24,29-31,36-38,56-57H,3-13,18-21,23,45-47H2,1-2H3,(H2,48,60)(H,49,58)(H,50,59)(H,51,63)(H,52,62)(H,53,61). The van der Waals surface area contributed by atoms with Gasteiger partial charge in [0.1, 0.15) is 35.7 Å². The number of unbranched alkanes of at least 4 members (excludes halogenated alkanes) is 5. The summed E-state index contributed by atoms with van der Waals surface area (Å²) < 4.78 is 0. The molecular formula is C44H65N11O10. The number of amides is 8. The normalized spacial score (nSPS) is 19.4. The summed E-state index contributed by atoms with van der Waals surface area (Å²) in [6.07, 6.45) is 3.27. The van der Waals surface area contributed by atoms with Gasteiger partial charge in [-0.15, -0.1) is 0 Å². The van der Waals surface area contributed by atoms with E-state index in [1.54, 1.807) is 0 Å². The van der Waals surface area contributed by atoms with E-state index >= 15 is 0 Å². The van der Waals surface area contributed by atoms with E-state index in [4.69, 9.17) is 22.9 Å². The molecule has 0 aliphatic carbocycles. The highest BCUT2D eigenvalue weighted by atomic mass is 16.3. The van der Waals surface area contributed by atoms with E-state index < -0.39 is 77.8 Å². The summed E-state index contributed by atoms with van der Waals surface area (Å²) in [6.45, 7) is 2.64. The molecular weight excluding hydrogens is 843 g/mol. The van der Waals surface area contributed by atoms with Crippen molar-refractivity contribution in [1.82, 2.24) is 36.4 Å². The van der Waals surface area contributed by atoms with Crippen LogP contribution in [-0.4, -0.2) is 124 Å². The summed E-state index contributed by atoms with van der Waals surface area (Å²) in [5.41, 5.74) is 24.1. The Bertz CT molecular complexity index is 2050. The van der Waals surface area contributed by atoms with Crippen LogP contribution >= 0.6 is 0 Å². The molecule has 0 radical (unpaired) electrons. The number of phenolic OH excluding ortho intramolecular Hbond substituents is 2. The number of benzene rings is 2. The van der Waals surface area contributed by atoms with Crippen molar-refractivity contribution >= 4 is 47.3 Å². The van der Waals surface area contributed by atoms with E-state index in [0.717, 1.165) is 37.0 Å². The van der Waals surface area contributed by atoms with Gasteiger partial charge in [-0.3, -0.25) is 38.4 Å². The number of phenols is 2. The molecule has 6 atom stereocenters. The number of likely N-dealkylation sites (N-methyl/N-ethyl adjacent to an activating group) is 1. The van der Waals surface area contributed by atoms with Crippen LogP contribution in [0.25, 0.3) is 11.1 Å². The van der Waals surface area contributed by atoms with Crippen molar-refractivity contribution in [3.8, 4) is 22.6 Å². The summed E-state index contributed by atoms with van der Waals surface area (Å²) in [7, 11) is 1.31. The molecule has 4 bridgehead atoms. The van der Waals surface area contributed by atoms with Gasteiger partial charge in [0.25, 0.3) is 11.8 Å². The van der Waals surface area contributed by atoms with Gasteiger partial charge < -0.3 is 69.5 Å². The van der Waals surface area contributed by atoms with Gasteiger partial charge in [-0.2, -0.15) is 0 Å². The van der Waals surface area contributed by atoms with Crippen molar-refractivity contribution in [3.63, 3.8) is 0 Å². The van der Waals surface area contributed by atoms with Crippen molar-refractivity contribution in [2.45, 2.75) is 127 Å². The molecule has 6 unspecified atom stereocenters. The van der Waals surface area contributed by atoms with Crippen molar-refractivity contribution in [1.29, 1.82) is 0 Å². The molecule has 1 saturated heterocycles. The first-order valence-corrected chi connectivity index (χ1v) is 22.2. The third kappa shape index (κ3) is 14.3. The Hall–Kier alpha value is -6.32. The van der Waals surface area contributed by atoms with Crippen LogP contribution in [0.15, 0.2) is 36.4 Å². The number of nitrogens with zero attached hydrogens (tertiary/aromatic N) is 2. The van der Waals surface area contributed by atoms with Crippen LogP contribution in [-0.2, 0) is 44.8 Å². The number of rotatable bonds is 20. The van der Waals surface area contributed by atoms with E-state index in [-0.39, 0.29) is 66.4 Å². The molecule has 15 N–H and O–H groups in total. The molecule has 356 valence electrons.